The molecular weight excluding hydrogens is 396 g/mol. The summed E-state index contributed by atoms with van der Waals surface area (Å²) in [5, 5.41) is 0.854. The average Bonchev–Trinajstić information content (AvgIpc) is 3.39. The Morgan fingerprint density at radius 2 is 1.93 bits per heavy atom. The normalized spacial score (nSPS) is 25.5. The number of nitrogens with zero attached hydrogens (tertiary/aromatic N) is 3. The lowest BCUT2D eigenvalue weighted by Crippen LogP contribution is -2.50. The zero-order chi connectivity index (χ0) is 20.2. The largest absolute Gasteiger partial charge is 0.348 e. The number of ether oxygens (including phenoxy) is 1. The molecule has 2 atom stereocenters. The first kappa shape index (κ1) is 18.5. The minimum Gasteiger partial charge on any atom is -0.348 e. The standard InChI is InChI=1S/C21H19F2N3O2S/c1-2-16-12-24-20(29-16)25-7-5-21(6-8-25)19(27)26-17(3-4-18(26)28-21)13-9-14(22)11-15(23)10-13/h1,9-12,17-18H,3-8H2/t17-,18+/m0/s1. The number of hydrogen-bond acceptors (Lipinski definition) is 5. The fourth-order valence-corrected chi connectivity index (χ4v) is 5.46. The fraction of sp³-hybridized carbons (Fsp3) is 0.429. The van der Waals surface area contributed by atoms with Crippen LogP contribution in [0, 0.1) is 24.0 Å². The molecule has 0 bridgehead atoms. The van der Waals surface area contributed by atoms with E-state index < -0.39 is 17.2 Å². The molecule has 0 unspecified atom stereocenters. The van der Waals surface area contributed by atoms with Crippen molar-refractivity contribution in [1.29, 1.82) is 0 Å². The van der Waals surface area contributed by atoms with Crippen LogP contribution in [0.2, 0.25) is 0 Å². The van der Waals surface area contributed by atoms with Crippen LogP contribution in [-0.4, -0.2) is 40.7 Å². The Bertz CT molecular complexity index is 989. The van der Waals surface area contributed by atoms with Crippen molar-refractivity contribution >= 4 is 22.4 Å². The van der Waals surface area contributed by atoms with Gasteiger partial charge in [-0.25, -0.2) is 13.8 Å². The number of piperidine rings is 1. The molecule has 3 saturated heterocycles. The molecule has 3 fully saturated rings. The van der Waals surface area contributed by atoms with Gasteiger partial charge in [0.25, 0.3) is 5.91 Å². The van der Waals surface area contributed by atoms with Crippen molar-refractivity contribution in [3.8, 4) is 12.3 Å². The first-order valence-corrected chi connectivity index (χ1v) is 10.4. The molecular formula is C21H19F2N3O2S. The van der Waals surface area contributed by atoms with Crippen LogP contribution in [0.1, 0.15) is 42.2 Å². The van der Waals surface area contributed by atoms with E-state index in [1.165, 1.54) is 23.5 Å². The Balaban J connectivity index is 1.34. The first-order valence-electron chi connectivity index (χ1n) is 9.63. The number of aromatic nitrogens is 1. The quantitative estimate of drug-likeness (QED) is 0.705. The molecule has 5 nitrogen and oxygen atoms in total. The molecule has 4 heterocycles. The highest BCUT2D eigenvalue weighted by atomic mass is 32.1. The Morgan fingerprint density at radius 1 is 1.21 bits per heavy atom. The van der Waals surface area contributed by atoms with Crippen molar-refractivity contribution in [2.75, 3.05) is 18.0 Å². The van der Waals surface area contributed by atoms with E-state index in [0.717, 1.165) is 16.1 Å². The Morgan fingerprint density at radius 3 is 2.59 bits per heavy atom. The van der Waals surface area contributed by atoms with E-state index in [2.05, 4.69) is 15.8 Å². The third kappa shape index (κ3) is 3.00. The van der Waals surface area contributed by atoms with Gasteiger partial charge in [0, 0.05) is 32.0 Å². The van der Waals surface area contributed by atoms with Gasteiger partial charge in [-0.3, -0.25) is 4.79 Å². The van der Waals surface area contributed by atoms with Crippen LogP contribution in [0.5, 0.6) is 0 Å². The summed E-state index contributed by atoms with van der Waals surface area (Å²) in [4.78, 5) is 22.3. The van der Waals surface area contributed by atoms with Crippen LogP contribution in [0.15, 0.2) is 24.4 Å². The zero-order valence-corrected chi connectivity index (χ0v) is 16.4. The second-order valence-electron chi connectivity index (χ2n) is 7.71. The summed E-state index contributed by atoms with van der Waals surface area (Å²) in [6.07, 6.45) is 9.17. The number of anilines is 1. The molecule has 1 spiro atoms. The van der Waals surface area contributed by atoms with Gasteiger partial charge in [0.1, 0.15) is 17.9 Å². The molecule has 8 heteroatoms. The van der Waals surface area contributed by atoms with Gasteiger partial charge >= 0.3 is 0 Å². The van der Waals surface area contributed by atoms with Gasteiger partial charge in [-0.05, 0) is 30.5 Å². The Hall–Kier alpha value is -2.50. The maximum Gasteiger partial charge on any atom is 0.257 e. The second-order valence-corrected chi connectivity index (χ2v) is 8.72. The highest BCUT2D eigenvalue weighted by molar-refractivity contribution is 7.16. The number of thiazole rings is 1. The van der Waals surface area contributed by atoms with E-state index >= 15 is 0 Å². The lowest BCUT2D eigenvalue weighted by molar-refractivity contribution is -0.140. The SMILES string of the molecule is C#Cc1cnc(N2CCC3(CC2)O[C@@H]2CC[C@@H](c4cc(F)cc(F)c4)N2C3=O)s1. The van der Waals surface area contributed by atoms with Crippen molar-refractivity contribution in [3.63, 3.8) is 0 Å². The molecule has 5 rings (SSSR count). The van der Waals surface area contributed by atoms with E-state index in [4.69, 9.17) is 11.2 Å². The lowest BCUT2D eigenvalue weighted by Gasteiger charge is -2.37. The second kappa shape index (κ2) is 6.78. The summed E-state index contributed by atoms with van der Waals surface area (Å²) in [5.74, 6) is 1.25. The van der Waals surface area contributed by atoms with Crippen molar-refractivity contribution in [1.82, 2.24) is 9.88 Å². The summed E-state index contributed by atoms with van der Waals surface area (Å²) in [5.41, 5.74) is -0.376. The topological polar surface area (TPSA) is 45.7 Å². The highest BCUT2D eigenvalue weighted by Gasteiger charge is 2.58. The van der Waals surface area contributed by atoms with Crippen molar-refractivity contribution in [2.45, 2.75) is 43.6 Å². The molecule has 0 saturated carbocycles. The number of terminal acetylenes is 1. The van der Waals surface area contributed by atoms with Gasteiger partial charge in [-0.2, -0.15) is 0 Å². The monoisotopic (exact) mass is 415 g/mol. The van der Waals surface area contributed by atoms with Crippen molar-refractivity contribution in [3.05, 3.63) is 46.5 Å². The Kier molecular flexibility index (Phi) is 4.33. The van der Waals surface area contributed by atoms with E-state index in [-0.39, 0.29) is 18.2 Å². The number of fused-ring (bicyclic) bond motifs is 1. The molecule has 3 aliphatic rings. The van der Waals surface area contributed by atoms with Gasteiger partial charge in [0.2, 0.25) is 0 Å². The molecule has 3 aliphatic heterocycles. The molecule has 0 radical (unpaired) electrons. The molecule has 1 amide bonds. The number of carbonyl (C=O) groups excluding carboxylic acids is 1. The van der Waals surface area contributed by atoms with E-state index in [0.29, 0.717) is 44.3 Å². The number of amides is 1. The van der Waals surface area contributed by atoms with Crippen LogP contribution >= 0.6 is 11.3 Å². The third-order valence-corrected chi connectivity index (χ3v) is 7.06. The highest BCUT2D eigenvalue weighted by Crippen LogP contribution is 2.48. The minimum atomic E-state index is -0.863. The minimum absolute atomic E-state index is 0.0715. The van der Waals surface area contributed by atoms with E-state index in [1.54, 1.807) is 11.1 Å². The average molecular weight is 415 g/mol. The lowest BCUT2D eigenvalue weighted by atomic mass is 9.90. The molecule has 150 valence electrons. The number of hydrogen-bond donors (Lipinski definition) is 0. The van der Waals surface area contributed by atoms with E-state index in [9.17, 15) is 13.6 Å². The zero-order valence-electron chi connectivity index (χ0n) is 15.6. The van der Waals surface area contributed by atoms with Crippen molar-refractivity contribution in [2.24, 2.45) is 0 Å². The summed E-state index contributed by atoms with van der Waals surface area (Å²) in [6, 6.07) is 3.11. The summed E-state index contributed by atoms with van der Waals surface area (Å²) in [6.45, 7) is 1.28. The number of carbonyl (C=O) groups is 1. The van der Waals surface area contributed by atoms with Crippen LogP contribution in [-0.2, 0) is 9.53 Å². The number of benzene rings is 1. The van der Waals surface area contributed by atoms with Gasteiger partial charge < -0.3 is 14.5 Å². The van der Waals surface area contributed by atoms with Gasteiger partial charge in [-0.15, -0.1) is 6.42 Å². The molecule has 2 aromatic rings. The predicted octanol–water partition coefficient (Wildman–Crippen LogP) is 3.46. The Labute approximate surface area is 171 Å². The van der Waals surface area contributed by atoms with Crippen LogP contribution < -0.4 is 4.90 Å². The first-order chi connectivity index (χ1) is 14.0. The number of rotatable bonds is 2. The van der Waals surface area contributed by atoms with Crippen LogP contribution in [0.4, 0.5) is 13.9 Å². The van der Waals surface area contributed by atoms with Crippen LogP contribution in [0.3, 0.4) is 0 Å². The maximum atomic E-state index is 13.7. The maximum absolute atomic E-state index is 13.7. The van der Waals surface area contributed by atoms with Gasteiger partial charge in [0.15, 0.2) is 10.7 Å². The predicted molar refractivity (Wildman–Crippen MR) is 104 cm³/mol. The van der Waals surface area contributed by atoms with E-state index in [1.807, 2.05) is 0 Å². The fourth-order valence-electron chi connectivity index (χ4n) is 4.68. The molecule has 1 aromatic carbocycles. The molecule has 0 N–H and O–H groups in total. The smallest absolute Gasteiger partial charge is 0.257 e. The third-order valence-electron chi connectivity index (χ3n) is 6.07. The molecule has 29 heavy (non-hydrogen) atoms. The van der Waals surface area contributed by atoms with Crippen molar-refractivity contribution < 1.29 is 18.3 Å². The number of halogens is 2. The van der Waals surface area contributed by atoms with Crippen LogP contribution in [0.25, 0.3) is 0 Å². The van der Waals surface area contributed by atoms with Gasteiger partial charge in [0.05, 0.1) is 17.1 Å². The summed E-state index contributed by atoms with van der Waals surface area (Å²) in [7, 11) is 0. The van der Waals surface area contributed by atoms with Gasteiger partial charge in [-0.1, -0.05) is 17.3 Å². The summed E-state index contributed by atoms with van der Waals surface area (Å²) < 4.78 is 33.7. The molecule has 1 aromatic heterocycles. The summed E-state index contributed by atoms with van der Waals surface area (Å²) >= 11 is 1.46. The molecule has 0 aliphatic carbocycles.